The largest absolute Gasteiger partial charge is 0.493 e. The van der Waals surface area contributed by atoms with E-state index >= 15 is 0 Å². The number of amides is 2. The van der Waals surface area contributed by atoms with Crippen LogP contribution in [0.25, 0.3) is 0 Å². The molecule has 2 amide bonds. The fourth-order valence-electron chi connectivity index (χ4n) is 2.23. The van der Waals surface area contributed by atoms with E-state index in [9.17, 15) is 9.59 Å². The Morgan fingerprint density at radius 1 is 1.11 bits per heavy atom. The van der Waals surface area contributed by atoms with E-state index in [-0.39, 0.29) is 11.0 Å². The first kappa shape index (κ1) is 21.8. The summed E-state index contributed by atoms with van der Waals surface area (Å²) in [4.78, 5) is 24.7. The Balaban J connectivity index is 1.91. The Labute approximate surface area is 178 Å². The highest BCUT2D eigenvalue weighted by Gasteiger charge is 2.14. The van der Waals surface area contributed by atoms with Gasteiger partial charge >= 0.3 is 0 Å². The second-order valence-electron chi connectivity index (χ2n) is 6.02. The molecule has 3 N–H and O–H groups in total. The molecule has 148 valence electrons. The van der Waals surface area contributed by atoms with Gasteiger partial charge in [-0.25, -0.2) is 0 Å². The molecule has 8 heteroatoms. The third-order valence-corrected chi connectivity index (χ3v) is 4.90. The number of ether oxygens (including phenoxy) is 1. The quantitative estimate of drug-likeness (QED) is 0.344. The van der Waals surface area contributed by atoms with E-state index in [1.807, 2.05) is 13.0 Å². The van der Waals surface area contributed by atoms with Gasteiger partial charge in [-0.05, 0) is 55.4 Å². The van der Waals surface area contributed by atoms with Gasteiger partial charge in [0.2, 0.25) is 0 Å². The standard InChI is InChI=1S/C20H22BrN3O3S/c1-3-4-11-27-17-8-6-5-7-15(17)19(26)22-20(28)24-23-18(25)14-10-9-13(2)16(21)12-14/h5-10,12H,3-4,11H2,1-2H3,(H,23,25)(H2,22,24,26,28). The topological polar surface area (TPSA) is 79.5 Å². The summed E-state index contributed by atoms with van der Waals surface area (Å²) in [5, 5.41) is 2.51. The molecule has 0 heterocycles. The number of nitrogens with one attached hydrogen (secondary N) is 3. The van der Waals surface area contributed by atoms with E-state index in [4.69, 9.17) is 17.0 Å². The van der Waals surface area contributed by atoms with Crippen LogP contribution in [0.3, 0.4) is 0 Å². The molecule has 0 unspecified atom stereocenters. The van der Waals surface area contributed by atoms with Crippen molar-refractivity contribution in [2.75, 3.05) is 6.61 Å². The van der Waals surface area contributed by atoms with Crippen molar-refractivity contribution in [2.24, 2.45) is 0 Å². The molecule has 0 saturated heterocycles. The second-order valence-corrected chi connectivity index (χ2v) is 7.29. The maximum absolute atomic E-state index is 12.5. The molecule has 0 spiro atoms. The Hall–Kier alpha value is -2.45. The van der Waals surface area contributed by atoms with Gasteiger partial charge in [0.05, 0.1) is 12.2 Å². The molecular formula is C20H22BrN3O3S. The number of carbonyl (C=O) groups is 2. The average Bonchev–Trinajstić information content (AvgIpc) is 2.68. The van der Waals surface area contributed by atoms with Crippen molar-refractivity contribution in [3.05, 3.63) is 63.6 Å². The summed E-state index contributed by atoms with van der Waals surface area (Å²) in [5.41, 5.74) is 6.84. The summed E-state index contributed by atoms with van der Waals surface area (Å²) < 4.78 is 6.49. The maximum atomic E-state index is 12.5. The SMILES string of the molecule is CCCCOc1ccccc1C(=O)NC(=S)NNC(=O)c1ccc(C)c(Br)c1. The Morgan fingerprint density at radius 3 is 2.57 bits per heavy atom. The Kier molecular flexibility index (Phi) is 8.41. The summed E-state index contributed by atoms with van der Waals surface area (Å²) in [6, 6.07) is 12.2. The first-order chi connectivity index (χ1) is 13.4. The van der Waals surface area contributed by atoms with Crippen LogP contribution in [0, 0.1) is 6.92 Å². The number of unbranched alkanes of at least 4 members (excludes halogenated alkanes) is 1. The van der Waals surface area contributed by atoms with Crippen LogP contribution in [-0.2, 0) is 0 Å². The number of halogens is 1. The Morgan fingerprint density at radius 2 is 1.86 bits per heavy atom. The van der Waals surface area contributed by atoms with Crippen LogP contribution in [0.1, 0.15) is 46.0 Å². The molecule has 0 atom stereocenters. The minimum Gasteiger partial charge on any atom is -0.493 e. The summed E-state index contributed by atoms with van der Waals surface area (Å²) >= 11 is 8.47. The van der Waals surface area contributed by atoms with Crippen LogP contribution in [0.2, 0.25) is 0 Å². The van der Waals surface area contributed by atoms with Gasteiger partial charge in [-0.1, -0.05) is 47.5 Å². The minimum absolute atomic E-state index is 0.0205. The molecule has 2 aromatic rings. The lowest BCUT2D eigenvalue weighted by Crippen LogP contribution is -2.48. The summed E-state index contributed by atoms with van der Waals surface area (Å²) in [5.74, 6) is -0.303. The summed E-state index contributed by atoms with van der Waals surface area (Å²) in [7, 11) is 0. The number of thiocarbonyl (C=S) groups is 1. The molecule has 28 heavy (non-hydrogen) atoms. The van der Waals surface area contributed by atoms with Gasteiger partial charge in [-0.15, -0.1) is 0 Å². The van der Waals surface area contributed by atoms with Crippen molar-refractivity contribution >= 4 is 45.1 Å². The number of hydrogen-bond acceptors (Lipinski definition) is 4. The van der Waals surface area contributed by atoms with Gasteiger partial charge in [0, 0.05) is 10.0 Å². The van der Waals surface area contributed by atoms with E-state index in [0.29, 0.717) is 23.5 Å². The van der Waals surface area contributed by atoms with Gasteiger partial charge in [0.25, 0.3) is 11.8 Å². The van der Waals surface area contributed by atoms with Crippen LogP contribution >= 0.6 is 28.1 Å². The number of benzene rings is 2. The van der Waals surface area contributed by atoms with E-state index in [1.165, 1.54) is 0 Å². The van der Waals surface area contributed by atoms with Gasteiger partial charge in [0.15, 0.2) is 5.11 Å². The van der Waals surface area contributed by atoms with Crippen LogP contribution < -0.4 is 20.9 Å². The summed E-state index contributed by atoms with van der Waals surface area (Å²) in [6.45, 7) is 4.53. The van der Waals surface area contributed by atoms with Crippen LogP contribution in [0.15, 0.2) is 46.9 Å². The number of hydrazine groups is 1. The average molecular weight is 464 g/mol. The normalized spacial score (nSPS) is 10.1. The molecule has 0 radical (unpaired) electrons. The molecule has 6 nitrogen and oxygen atoms in total. The molecule has 0 fully saturated rings. The monoisotopic (exact) mass is 463 g/mol. The van der Waals surface area contributed by atoms with Crippen molar-refractivity contribution in [1.82, 2.24) is 16.2 Å². The first-order valence-corrected chi connectivity index (χ1v) is 10.0. The molecule has 0 saturated carbocycles. The minimum atomic E-state index is -0.420. The lowest BCUT2D eigenvalue weighted by molar-refractivity contribution is 0.0933. The van der Waals surface area contributed by atoms with Crippen molar-refractivity contribution in [1.29, 1.82) is 0 Å². The molecule has 0 aromatic heterocycles. The van der Waals surface area contributed by atoms with Crippen LogP contribution in [-0.4, -0.2) is 23.5 Å². The lowest BCUT2D eigenvalue weighted by atomic mass is 10.1. The Bertz CT molecular complexity index is 874. The second kappa shape index (κ2) is 10.8. The molecule has 0 aliphatic heterocycles. The zero-order valence-electron chi connectivity index (χ0n) is 15.7. The van der Waals surface area contributed by atoms with Crippen LogP contribution in [0.4, 0.5) is 0 Å². The molecule has 2 rings (SSSR count). The number of rotatable bonds is 6. The molecule has 0 aliphatic rings. The van der Waals surface area contributed by atoms with E-state index in [0.717, 1.165) is 22.9 Å². The number of carbonyl (C=O) groups excluding carboxylic acids is 2. The van der Waals surface area contributed by atoms with E-state index < -0.39 is 5.91 Å². The predicted octanol–water partition coefficient (Wildman–Crippen LogP) is 3.89. The van der Waals surface area contributed by atoms with Gasteiger partial charge < -0.3 is 4.74 Å². The number of aryl methyl sites for hydroxylation is 1. The molecule has 2 aromatic carbocycles. The fraction of sp³-hybridized carbons (Fsp3) is 0.250. The van der Waals surface area contributed by atoms with Crippen molar-refractivity contribution in [3.63, 3.8) is 0 Å². The highest BCUT2D eigenvalue weighted by atomic mass is 79.9. The molecule has 0 aliphatic carbocycles. The highest BCUT2D eigenvalue weighted by Crippen LogP contribution is 2.18. The fourth-order valence-corrected chi connectivity index (χ4v) is 2.75. The van der Waals surface area contributed by atoms with Crippen molar-refractivity contribution < 1.29 is 14.3 Å². The first-order valence-electron chi connectivity index (χ1n) is 8.82. The molecule has 0 bridgehead atoms. The van der Waals surface area contributed by atoms with Gasteiger partial charge in [0.1, 0.15) is 5.75 Å². The third-order valence-electron chi connectivity index (χ3n) is 3.84. The van der Waals surface area contributed by atoms with Gasteiger partial charge in [-0.3, -0.25) is 25.8 Å². The van der Waals surface area contributed by atoms with Gasteiger partial charge in [-0.2, -0.15) is 0 Å². The van der Waals surface area contributed by atoms with E-state index in [2.05, 4.69) is 39.0 Å². The smallest absolute Gasteiger partial charge is 0.269 e. The lowest BCUT2D eigenvalue weighted by Gasteiger charge is -2.13. The molecular weight excluding hydrogens is 442 g/mol. The third kappa shape index (κ3) is 6.31. The van der Waals surface area contributed by atoms with Crippen molar-refractivity contribution in [3.8, 4) is 5.75 Å². The van der Waals surface area contributed by atoms with Crippen LogP contribution in [0.5, 0.6) is 5.75 Å². The zero-order chi connectivity index (χ0) is 20.5. The highest BCUT2D eigenvalue weighted by molar-refractivity contribution is 9.10. The zero-order valence-corrected chi connectivity index (χ0v) is 18.1. The van der Waals surface area contributed by atoms with Crippen molar-refractivity contribution in [2.45, 2.75) is 26.7 Å². The number of hydrogen-bond donors (Lipinski definition) is 3. The predicted molar refractivity (Wildman–Crippen MR) is 116 cm³/mol. The maximum Gasteiger partial charge on any atom is 0.269 e. The summed E-state index contributed by atoms with van der Waals surface area (Å²) in [6.07, 6.45) is 1.90. The van der Waals surface area contributed by atoms with E-state index in [1.54, 1.807) is 36.4 Å². The number of para-hydroxylation sites is 1.